The molecule has 0 bridgehead atoms. The molecule has 4 aliphatic heterocycles. The average molecular weight is 803 g/mol. The van der Waals surface area contributed by atoms with Crippen LogP contribution in [0.2, 0.25) is 0 Å². The van der Waals surface area contributed by atoms with Crippen molar-refractivity contribution in [2.75, 3.05) is 33.9 Å². The van der Waals surface area contributed by atoms with Gasteiger partial charge in [0.2, 0.25) is 11.8 Å². The molecule has 5 atom stereocenters. The van der Waals surface area contributed by atoms with Gasteiger partial charge in [-0.1, -0.05) is 63.4 Å². The van der Waals surface area contributed by atoms with Crippen molar-refractivity contribution in [1.29, 1.82) is 0 Å². The summed E-state index contributed by atoms with van der Waals surface area (Å²) in [6.45, 7) is 9.42. The second-order valence-electron chi connectivity index (χ2n) is 15.3. The topological polar surface area (TPSA) is 170 Å². The fourth-order valence-corrected chi connectivity index (χ4v) is 10.2. The summed E-state index contributed by atoms with van der Waals surface area (Å²) in [4.78, 5) is 72.8. The van der Waals surface area contributed by atoms with Crippen LogP contribution in [0.3, 0.4) is 0 Å². The number of carbonyl (C=O) groups excluding carboxylic acids is 4. The van der Waals surface area contributed by atoms with Crippen molar-refractivity contribution in [2.45, 2.75) is 103 Å². The number of nitrogens with zero attached hydrogens (tertiary/aromatic N) is 4. The van der Waals surface area contributed by atoms with E-state index < -0.39 is 24.3 Å². The lowest BCUT2D eigenvalue weighted by Gasteiger charge is -2.31. The number of H-pyrrole nitrogens is 1. The minimum Gasteiger partial charge on any atom is -0.453 e. The smallest absolute Gasteiger partial charge is 0.407 e. The third-order valence-electron chi connectivity index (χ3n) is 10.9. The molecule has 2 fully saturated rings. The first-order valence-corrected chi connectivity index (χ1v) is 20.9. The quantitative estimate of drug-likeness (QED) is 0.146. The highest BCUT2D eigenvalue weighted by Gasteiger charge is 2.40. The van der Waals surface area contributed by atoms with Gasteiger partial charge >= 0.3 is 12.2 Å². The SMILES string of the molecule is COC(=O)NC(C(=O)N1CCCC1C1=NCC(c2ccc3c(c2)Sc2cc(-c4cnc(C5CCCN5C(=O)C(NC(=O)OC)C(C)C)[nH]4)ccc2S3)N1)C(C)C. The van der Waals surface area contributed by atoms with Gasteiger partial charge in [0.15, 0.2) is 0 Å². The number of nitrogens with one attached hydrogen (secondary N) is 4. The number of amidine groups is 1. The summed E-state index contributed by atoms with van der Waals surface area (Å²) in [5.74, 6) is 1.09. The van der Waals surface area contributed by atoms with Crippen LogP contribution in [0.1, 0.15) is 76.8 Å². The molecular formula is C40H50N8O6S2. The number of benzene rings is 2. The lowest BCUT2D eigenvalue weighted by atomic mass is 10.0. The molecule has 0 spiro atoms. The van der Waals surface area contributed by atoms with Crippen molar-refractivity contribution in [3.8, 4) is 11.3 Å². The first-order chi connectivity index (χ1) is 26.9. The maximum Gasteiger partial charge on any atom is 0.407 e. The van der Waals surface area contributed by atoms with Crippen molar-refractivity contribution in [2.24, 2.45) is 16.8 Å². The number of hydrogen-bond acceptors (Lipinski definition) is 11. The monoisotopic (exact) mass is 802 g/mol. The number of carbonyl (C=O) groups is 4. The Morgan fingerprint density at radius 2 is 1.36 bits per heavy atom. The highest BCUT2D eigenvalue weighted by molar-refractivity contribution is 8.05. The average Bonchev–Trinajstić information content (AvgIpc) is 4.03. The molecule has 7 rings (SSSR count). The number of likely N-dealkylation sites (tertiary alicyclic amines) is 2. The summed E-state index contributed by atoms with van der Waals surface area (Å²) in [6, 6.07) is 11.3. The summed E-state index contributed by atoms with van der Waals surface area (Å²) in [6.07, 6.45) is 3.90. The third kappa shape index (κ3) is 8.08. The van der Waals surface area contributed by atoms with Crippen molar-refractivity contribution in [3.05, 3.63) is 54.0 Å². The van der Waals surface area contributed by atoms with Crippen LogP contribution >= 0.6 is 23.5 Å². The van der Waals surface area contributed by atoms with E-state index in [0.29, 0.717) is 19.6 Å². The Bertz CT molecular complexity index is 2020. The summed E-state index contributed by atoms with van der Waals surface area (Å²) >= 11 is 3.49. The van der Waals surface area contributed by atoms with E-state index in [4.69, 9.17) is 19.5 Å². The molecule has 56 heavy (non-hydrogen) atoms. The maximum atomic E-state index is 13.6. The number of amides is 4. The predicted octanol–water partition coefficient (Wildman–Crippen LogP) is 6.15. The second-order valence-corrected chi connectivity index (χ2v) is 17.4. The summed E-state index contributed by atoms with van der Waals surface area (Å²) in [7, 11) is 2.59. The molecule has 0 aliphatic carbocycles. The van der Waals surface area contributed by atoms with Crippen molar-refractivity contribution < 1.29 is 28.7 Å². The number of alkyl carbamates (subject to hydrolysis) is 2. The molecule has 2 saturated heterocycles. The lowest BCUT2D eigenvalue weighted by Crippen LogP contribution is -2.54. The molecule has 5 unspecified atom stereocenters. The molecule has 298 valence electrons. The second kappa shape index (κ2) is 16.8. The van der Waals surface area contributed by atoms with Crippen LogP contribution in [-0.4, -0.2) is 102 Å². The summed E-state index contributed by atoms with van der Waals surface area (Å²) in [5.41, 5.74) is 3.01. The standard InChI is InChI=1S/C40H50N8O6S2/c1-21(2)33(45-39(51)53-5)37(49)47-15-7-9-27(47)35-41-19-25(43-35)23-11-13-29-31(17-23)56-32-18-24(12-14-30(32)55-29)26-20-42-36(44-26)28-10-8-16-48(28)38(50)34(22(3)4)46-40(52)54-6/h11-14,17-19,21-22,26-28,33-34H,7-10,15-16,20H2,1-6H3,(H,41,43)(H,42,44)(H,45,51)(H,46,52). The van der Waals surface area contributed by atoms with Gasteiger partial charge in [-0.05, 0) is 67.3 Å². The van der Waals surface area contributed by atoms with E-state index >= 15 is 0 Å². The van der Waals surface area contributed by atoms with Crippen LogP contribution in [0, 0.1) is 11.8 Å². The van der Waals surface area contributed by atoms with Crippen LogP contribution in [0.15, 0.2) is 67.2 Å². The van der Waals surface area contributed by atoms with Crippen LogP contribution in [-0.2, 0) is 19.1 Å². The zero-order valence-electron chi connectivity index (χ0n) is 32.6. The number of hydrogen-bond donors (Lipinski definition) is 4. The predicted molar refractivity (Wildman–Crippen MR) is 214 cm³/mol. The zero-order chi connectivity index (χ0) is 39.7. The first kappa shape index (κ1) is 39.5. The Labute approximate surface area is 335 Å². The fourth-order valence-electron chi connectivity index (χ4n) is 7.87. The molecule has 4 amide bonds. The van der Waals surface area contributed by atoms with E-state index in [1.165, 1.54) is 28.9 Å². The van der Waals surface area contributed by atoms with E-state index in [0.717, 1.165) is 59.1 Å². The molecule has 3 aromatic rings. The lowest BCUT2D eigenvalue weighted by molar-refractivity contribution is -0.135. The Morgan fingerprint density at radius 1 is 0.786 bits per heavy atom. The van der Waals surface area contributed by atoms with E-state index in [1.54, 1.807) is 23.5 Å². The molecular weight excluding hydrogens is 753 g/mol. The molecule has 2 aromatic carbocycles. The van der Waals surface area contributed by atoms with Crippen LogP contribution < -0.4 is 16.0 Å². The van der Waals surface area contributed by atoms with Gasteiger partial charge in [0, 0.05) is 38.2 Å². The van der Waals surface area contributed by atoms with E-state index in [2.05, 4.69) is 57.3 Å². The number of imidazole rings is 1. The minimum absolute atomic E-state index is 0.0159. The van der Waals surface area contributed by atoms with Gasteiger partial charge in [0.1, 0.15) is 23.7 Å². The van der Waals surface area contributed by atoms with Crippen LogP contribution in [0.25, 0.3) is 11.3 Å². The van der Waals surface area contributed by atoms with E-state index in [9.17, 15) is 19.2 Å². The molecule has 1 aromatic heterocycles. The molecule has 16 heteroatoms. The highest BCUT2D eigenvalue weighted by atomic mass is 32.2. The largest absolute Gasteiger partial charge is 0.453 e. The number of ether oxygens (including phenoxy) is 2. The van der Waals surface area contributed by atoms with Gasteiger partial charge in [-0.3, -0.25) is 14.6 Å². The van der Waals surface area contributed by atoms with Crippen molar-refractivity contribution in [1.82, 2.24) is 35.7 Å². The number of methoxy groups -OCH3 is 2. The van der Waals surface area contributed by atoms with Gasteiger partial charge in [-0.15, -0.1) is 0 Å². The highest BCUT2D eigenvalue weighted by Crippen LogP contribution is 2.50. The molecule has 5 heterocycles. The third-order valence-corrected chi connectivity index (χ3v) is 13.4. The first-order valence-electron chi connectivity index (χ1n) is 19.3. The summed E-state index contributed by atoms with van der Waals surface area (Å²) in [5, 5.41) is 9.06. The van der Waals surface area contributed by atoms with Crippen LogP contribution in [0.4, 0.5) is 9.59 Å². The van der Waals surface area contributed by atoms with Gasteiger partial charge < -0.3 is 40.2 Å². The molecule has 0 saturated carbocycles. The molecule has 4 aliphatic rings. The zero-order valence-corrected chi connectivity index (χ0v) is 34.2. The Kier molecular flexibility index (Phi) is 11.9. The number of aliphatic imine (C=N–C) groups is 1. The molecule has 14 nitrogen and oxygen atoms in total. The summed E-state index contributed by atoms with van der Waals surface area (Å²) < 4.78 is 9.56. The maximum absolute atomic E-state index is 13.6. The Morgan fingerprint density at radius 3 is 1.98 bits per heavy atom. The van der Waals surface area contributed by atoms with E-state index in [-0.39, 0.29) is 41.8 Å². The van der Waals surface area contributed by atoms with Gasteiger partial charge in [-0.25, -0.2) is 14.6 Å². The van der Waals surface area contributed by atoms with Gasteiger partial charge in [-0.2, -0.15) is 0 Å². The molecule has 4 N–H and O–H groups in total. The molecule has 0 radical (unpaired) electrons. The number of aromatic nitrogens is 2. The number of rotatable bonds is 10. The normalized spacial score (nSPS) is 21.2. The van der Waals surface area contributed by atoms with Crippen LogP contribution in [0.5, 0.6) is 0 Å². The minimum atomic E-state index is -0.691. The van der Waals surface area contributed by atoms with Crippen molar-refractivity contribution >= 4 is 53.4 Å². The van der Waals surface area contributed by atoms with Gasteiger partial charge in [0.25, 0.3) is 0 Å². The fraction of sp³-hybridized carbons (Fsp3) is 0.500. The number of fused-ring (bicyclic) bond motifs is 2. The number of aromatic amines is 1. The van der Waals surface area contributed by atoms with Crippen molar-refractivity contribution in [3.63, 3.8) is 0 Å². The van der Waals surface area contributed by atoms with E-state index in [1.807, 2.05) is 43.7 Å². The van der Waals surface area contributed by atoms with Gasteiger partial charge in [0.05, 0.1) is 50.8 Å². The Hall–Kier alpha value is -4.70. The Balaban J connectivity index is 1.02.